The van der Waals surface area contributed by atoms with Crippen LogP contribution in [0.5, 0.6) is 0 Å². The zero-order chi connectivity index (χ0) is 18.4. The Morgan fingerprint density at radius 3 is 2.40 bits per heavy atom. The molecule has 8 heteroatoms. The molecule has 0 spiro atoms. The minimum Gasteiger partial charge on any atom is -0.279 e. The first kappa shape index (κ1) is 17.6. The summed E-state index contributed by atoms with van der Waals surface area (Å²) in [6.45, 7) is 7.50. The lowest BCUT2D eigenvalue weighted by Gasteiger charge is -2.11. The number of hydrogen-bond acceptors (Lipinski definition) is 5. The fourth-order valence-electron chi connectivity index (χ4n) is 2.59. The highest BCUT2D eigenvalue weighted by atomic mass is 32.2. The highest BCUT2D eigenvalue weighted by molar-refractivity contribution is 7.92. The second kappa shape index (κ2) is 6.27. The molecule has 0 atom stereocenters. The van der Waals surface area contributed by atoms with Crippen LogP contribution in [0.1, 0.15) is 35.9 Å². The fraction of sp³-hybridized carbons (Fsp3) is 0.294. The summed E-state index contributed by atoms with van der Waals surface area (Å²) >= 11 is 1.34. The standard InChI is InChI=1S/C17H19N3O3S2/c1-10(2)13-5-7-14(8-6-13)19-25(22,23)15-12(4)18-17-20(16(15)21)9-11(3)24-17/h5-10,19H,1-4H3. The smallest absolute Gasteiger partial charge is 0.279 e. The van der Waals surface area contributed by atoms with Crippen LogP contribution in [0.3, 0.4) is 0 Å². The SMILES string of the molecule is Cc1cn2c(=O)c(S(=O)(=O)Nc3ccc(C(C)C)cc3)c(C)nc2s1. The lowest BCUT2D eigenvalue weighted by atomic mass is 10.0. The summed E-state index contributed by atoms with van der Waals surface area (Å²) in [5.74, 6) is 0.353. The van der Waals surface area contributed by atoms with E-state index < -0.39 is 15.6 Å². The number of rotatable bonds is 4. The van der Waals surface area contributed by atoms with Gasteiger partial charge in [-0.1, -0.05) is 26.0 Å². The quantitative estimate of drug-likeness (QED) is 0.756. The van der Waals surface area contributed by atoms with Crippen molar-refractivity contribution >= 4 is 32.0 Å². The van der Waals surface area contributed by atoms with E-state index in [0.717, 1.165) is 10.4 Å². The van der Waals surface area contributed by atoms with E-state index in [1.165, 1.54) is 22.7 Å². The number of benzene rings is 1. The Kier molecular flexibility index (Phi) is 4.42. The number of fused-ring (bicyclic) bond motifs is 1. The van der Waals surface area contributed by atoms with Crippen LogP contribution in [0.2, 0.25) is 0 Å². The van der Waals surface area contributed by atoms with Gasteiger partial charge in [0.15, 0.2) is 9.86 Å². The zero-order valence-electron chi connectivity index (χ0n) is 14.4. The minimum atomic E-state index is -4.03. The van der Waals surface area contributed by atoms with Gasteiger partial charge >= 0.3 is 0 Å². The normalized spacial score (nSPS) is 12.0. The number of nitrogens with one attached hydrogen (secondary N) is 1. The number of aryl methyl sites for hydroxylation is 2. The summed E-state index contributed by atoms with van der Waals surface area (Å²) in [6, 6.07) is 7.12. The third-order valence-electron chi connectivity index (χ3n) is 3.87. The second-order valence-electron chi connectivity index (χ2n) is 6.21. The first-order chi connectivity index (χ1) is 11.7. The highest BCUT2D eigenvalue weighted by Crippen LogP contribution is 2.21. The van der Waals surface area contributed by atoms with Gasteiger partial charge in [0, 0.05) is 16.8 Å². The van der Waals surface area contributed by atoms with Crippen LogP contribution in [0, 0.1) is 13.8 Å². The molecule has 3 rings (SSSR count). The van der Waals surface area contributed by atoms with Gasteiger partial charge in [-0.15, -0.1) is 11.3 Å². The second-order valence-corrected chi connectivity index (χ2v) is 9.04. The summed E-state index contributed by atoms with van der Waals surface area (Å²) in [5.41, 5.74) is 1.13. The predicted octanol–water partition coefficient (Wildman–Crippen LogP) is 3.30. The van der Waals surface area contributed by atoms with Crippen molar-refractivity contribution in [1.29, 1.82) is 0 Å². The third-order valence-corrected chi connectivity index (χ3v) is 6.28. The molecular formula is C17H19N3O3S2. The predicted molar refractivity (Wildman–Crippen MR) is 100 cm³/mol. The van der Waals surface area contributed by atoms with Crippen molar-refractivity contribution in [3.8, 4) is 0 Å². The van der Waals surface area contributed by atoms with E-state index in [2.05, 4.69) is 23.6 Å². The van der Waals surface area contributed by atoms with Gasteiger partial charge in [-0.25, -0.2) is 13.4 Å². The number of nitrogens with zero attached hydrogens (tertiary/aromatic N) is 2. The van der Waals surface area contributed by atoms with Crippen molar-refractivity contribution in [1.82, 2.24) is 9.38 Å². The Hall–Kier alpha value is -2.19. The van der Waals surface area contributed by atoms with Crippen LogP contribution in [0.15, 0.2) is 40.2 Å². The molecule has 0 amide bonds. The lowest BCUT2D eigenvalue weighted by Crippen LogP contribution is -2.27. The van der Waals surface area contributed by atoms with E-state index in [4.69, 9.17) is 0 Å². The molecule has 25 heavy (non-hydrogen) atoms. The van der Waals surface area contributed by atoms with Gasteiger partial charge in [0.05, 0.1) is 5.69 Å². The van der Waals surface area contributed by atoms with E-state index in [1.807, 2.05) is 19.1 Å². The van der Waals surface area contributed by atoms with Crippen molar-refractivity contribution < 1.29 is 8.42 Å². The Morgan fingerprint density at radius 1 is 1.16 bits per heavy atom. The van der Waals surface area contributed by atoms with Crippen molar-refractivity contribution in [3.05, 3.63) is 57.0 Å². The van der Waals surface area contributed by atoms with Crippen molar-refractivity contribution in [2.24, 2.45) is 0 Å². The van der Waals surface area contributed by atoms with Gasteiger partial charge < -0.3 is 0 Å². The zero-order valence-corrected chi connectivity index (χ0v) is 16.0. The number of hydrogen-bond donors (Lipinski definition) is 1. The molecule has 6 nitrogen and oxygen atoms in total. The molecule has 3 aromatic rings. The molecule has 0 unspecified atom stereocenters. The molecule has 2 heterocycles. The van der Waals surface area contributed by atoms with Crippen LogP contribution in [-0.4, -0.2) is 17.8 Å². The molecule has 1 N–H and O–H groups in total. The van der Waals surface area contributed by atoms with E-state index in [9.17, 15) is 13.2 Å². The Labute approximate surface area is 150 Å². The van der Waals surface area contributed by atoms with Crippen LogP contribution in [0.25, 0.3) is 4.96 Å². The van der Waals surface area contributed by atoms with Gasteiger partial charge in [0.1, 0.15) is 0 Å². The van der Waals surface area contributed by atoms with Gasteiger partial charge in [-0.3, -0.25) is 13.9 Å². The molecule has 132 valence electrons. The average molecular weight is 377 g/mol. The minimum absolute atomic E-state index is 0.193. The average Bonchev–Trinajstić information content (AvgIpc) is 2.87. The maximum absolute atomic E-state index is 12.8. The van der Waals surface area contributed by atoms with Crippen LogP contribution < -0.4 is 10.3 Å². The number of sulfonamides is 1. The summed E-state index contributed by atoms with van der Waals surface area (Å²) in [5, 5.41) is 0. The molecule has 0 aliphatic carbocycles. The molecule has 0 fully saturated rings. The van der Waals surface area contributed by atoms with Gasteiger partial charge in [-0.05, 0) is 37.5 Å². The fourth-order valence-corrected chi connectivity index (χ4v) is 4.76. The first-order valence-electron chi connectivity index (χ1n) is 7.81. The van der Waals surface area contributed by atoms with Crippen LogP contribution >= 0.6 is 11.3 Å². The number of anilines is 1. The molecule has 0 aliphatic heterocycles. The van der Waals surface area contributed by atoms with Crippen molar-refractivity contribution in [3.63, 3.8) is 0 Å². The monoisotopic (exact) mass is 377 g/mol. The van der Waals surface area contributed by atoms with Crippen LogP contribution in [-0.2, 0) is 10.0 Å². The summed E-state index contributed by atoms with van der Waals surface area (Å²) in [7, 11) is -4.03. The Balaban J connectivity index is 2.05. The molecule has 0 saturated carbocycles. The number of thiazole rings is 1. The summed E-state index contributed by atoms with van der Waals surface area (Å²) in [4.78, 5) is 18.0. The lowest BCUT2D eigenvalue weighted by molar-refractivity contribution is 0.598. The summed E-state index contributed by atoms with van der Waals surface area (Å²) < 4.78 is 29.3. The summed E-state index contributed by atoms with van der Waals surface area (Å²) in [6.07, 6.45) is 1.60. The number of aromatic nitrogens is 2. The molecule has 1 aromatic carbocycles. The van der Waals surface area contributed by atoms with Crippen molar-refractivity contribution in [2.45, 2.75) is 38.5 Å². The van der Waals surface area contributed by atoms with Crippen molar-refractivity contribution in [2.75, 3.05) is 4.72 Å². The largest absolute Gasteiger partial charge is 0.279 e. The Morgan fingerprint density at radius 2 is 1.80 bits per heavy atom. The third kappa shape index (κ3) is 3.32. The molecule has 0 radical (unpaired) electrons. The van der Waals surface area contributed by atoms with E-state index in [-0.39, 0.29) is 10.6 Å². The van der Waals surface area contributed by atoms with Gasteiger partial charge in [-0.2, -0.15) is 0 Å². The molecular weight excluding hydrogens is 358 g/mol. The highest BCUT2D eigenvalue weighted by Gasteiger charge is 2.24. The molecule has 2 aromatic heterocycles. The van der Waals surface area contributed by atoms with E-state index in [0.29, 0.717) is 16.6 Å². The van der Waals surface area contributed by atoms with E-state index >= 15 is 0 Å². The Bertz CT molecular complexity index is 1090. The molecule has 0 saturated heterocycles. The topological polar surface area (TPSA) is 80.5 Å². The maximum atomic E-state index is 12.8. The molecule has 0 bridgehead atoms. The molecule has 0 aliphatic rings. The van der Waals surface area contributed by atoms with Crippen LogP contribution in [0.4, 0.5) is 5.69 Å². The van der Waals surface area contributed by atoms with Gasteiger partial charge in [0.2, 0.25) is 0 Å². The first-order valence-corrected chi connectivity index (χ1v) is 10.1. The van der Waals surface area contributed by atoms with Gasteiger partial charge in [0.25, 0.3) is 15.6 Å². The maximum Gasteiger partial charge on any atom is 0.279 e. The van der Waals surface area contributed by atoms with E-state index in [1.54, 1.807) is 18.3 Å².